The van der Waals surface area contributed by atoms with E-state index in [1.165, 1.54) is 12.0 Å². The van der Waals surface area contributed by atoms with Gasteiger partial charge in [0.15, 0.2) is 0 Å². The highest BCUT2D eigenvalue weighted by molar-refractivity contribution is 5.10. The highest BCUT2D eigenvalue weighted by Crippen LogP contribution is 2.06. The Morgan fingerprint density at radius 1 is 1.39 bits per heavy atom. The Labute approximate surface area is 109 Å². The molecule has 2 rings (SSSR count). The molecular formula is C15H22N2O. The summed E-state index contributed by atoms with van der Waals surface area (Å²) >= 11 is 0. The second-order valence-electron chi connectivity index (χ2n) is 4.82. The number of furan rings is 1. The molecule has 0 saturated carbocycles. The molecule has 2 heterocycles. The quantitative estimate of drug-likeness (QED) is 0.813. The SMILES string of the molecule is CCCn1ccc(CNC(C)Cc2ccco2)c1. The van der Waals surface area contributed by atoms with Gasteiger partial charge in [-0.2, -0.15) is 0 Å². The Morgan fingerprint density at radius 2 is 2.28 bits per heavy atom. The van der Waals surface area contributed by atoms with Gasteiger partial charge in [-0.3, -0.25) is 0 Å². The average Bonchev–Trinajstić information content (AvgIpc) is 2.99. The van der Waals surface area contributed by atoms with E-state index in [1.54, 1.807) is 6.26 Å². The average molecular weight is 246 g/mol. The molecule has 0 spiro atoms. The van der Waals surface area contributed by atoms with Crippen LogP contribution in [0.4, 0.5) is 0 Å². The van der Waals surface area contributed by atoms with E-state index in [9.17, 15) is 0 Å². The number of rotatable bonds is 7. The molecule has 1 N–H and O–H groups in total. The van der Waals surface area contributed by atoms with Crippen molar-refractivity contribution in [1.82, 2.24) is 9.88 Å². The fourth-order valence-electron chi connectivity index (χ4n) is 2.09. The summed E-state index contributed by atoms with van der Waals surface area (Å²) in [5.74, 6) is 1.04. The lowest BCUT2D eigenvalue weighted by atomic mass is 10.2. The lowest BCUT2D eigenvalue weighted by Crippen LogP contribution is -2.27. The van der Waals surface area contributed by atoms with Crippen molar-refractivity contribution in [2.45, 2.75) is 45.8 Å². The standard InChI is InChI=1S/C15H22N2O/c1-3-7-17-8-6-14(12-17)11-16-13(2)10-15-5-4-9-18-15/h4-6,8-9,12-13,16H,3,7,10-11H2,1-2H3. The summed E-state index contributed by atoms with van der Waals surface area (Å²) in [6, 6.07) is 6.57. The fourth-order valence-corrected chi connectivity index (χ4v) is 2.09. The Hall–Kier alpha value is -1.48. The lowest BCUT2D eigenvalue weighted by Gasteiger charge is -2.11. The van der Waals surface area contributed by atoms with Gasteiger partial charge in [0, 0.05) is 37.9 Å². The first-order chi connectivity index (χ1) is 8.78. The summed E-state index contributed by atoms with van der Waals surface area (Å²) in [6.07, 6.45) is 8.21. The molecule has 0 fully saturated rings. The minimum Gasteiger partial charge on any atom is -0.469 e. The summed E-state index contributed by atoms with van der Waals surface area (Å²) < 4.78 is 7.59. The molecule has 18 heavy (non-hydrogen) atoms. The summed E-state index contributed by atoms with van der Waals surface area (Å²) in [4.78, 5) is 0. The van der Waals surface area contributed by atoms with Crippen LogP contribution >= 0.6 is 0 Å². The first kappa shape index (κ1) is 13.0. The van der Waals surface area contributed by atoms with Crippen molar-refractivity contribution >= 4 is 0 Å². The number of hydrogen-bond acceptors (Lipinski definition) is 2. The van der Waals surface area contributed by atoms with Crippen LogP contribution in [0, 0.1) is 0 Å². The smallest absolute Gasteiger partial charge is 0.105 e. The van der Waals surface area contributed by atoms with Gasteiger partial charge in [0.1, 0.15) is 5.76 Å². The van der Waals surface area contributed by atoms with Crippen molar-refractivity contribution < 1.29 is 4.42 Å². The van der Waals surface area contributed by atoms with Crippen molar-refractivity contribution in [2.24, 2.45) is 0 Å². The largest absolute Gasteiger partial charge is 0.469 e. The third-order valence-electron chi connectivity index (χ3n) is 3.04. The van der Waals surface area contributed by atoms with Crippen LogP contribution in [0.5, 0.6) is 0 Å². The third-order valence-corrected chi connectivity index (χ3v) is 3.04. The van der Waals surface area contributed by atoms with Gasteiger partial charge in [-0.25, -0.2) is 0 Å². The molecule has 1 atom stereocenters. The molecule has 0 bridgehead atoms. The number of nitrogens with zero attached hydrogens (tertiary/aromatic N) is 1. The highest BCUT2D eigenvalue weighted by atomic mass is 16.3. The van der Waals surface area contributed by atoms with Gasteiger partial charge in [0.05, 0.1) is 6.26 Å². The molecule has 0 radical (unpaired) electrons. The minimum absolute atomic E-state index is 0.422. The van der Waals surface area contributed by atoms with E-state index in [-0.39, 0.29) is 0 Å². The van der Waals surface area contributed by atoms with Gasteiger partial charge in [0.2, 0.25) is 0 Å². The van der Waals surface area contributed by atoms with Gasteiger partial charge < -0.3 is 14.3 Å². The van der Waals surface area contributed by atoms with Gasteiger partial charge >= 0.3 is 0 Å². The van der Waals surface area contributed by atoms with E-state index in [1.807, 2.05) is 12.1 Å². The number of hydrogen-bond donors (Lipinski definition) is 1. The molecule has 0 amide bonds. The summed E-state index contributed by atoms with van der Waals surface area (Å²) in [6.45, 7) is 6.40. The molecule has 1 unspecified atom stereocenters. The molecule has 3 heteroatoms. The van der Waals surface area contributed by atoms with Gasteiger partial charge in [-0.1, -0.05) is 6.92 Å². The summed E-state index contributed by atoms with van der Waals surface area (Å²) in [5.41, 5.74) is 1.34. The van der Waals surface area contributed by atoms with Crippen LogP contribution in [0.25, 0.3) is 0 Å². The van der Waals surface area contributed by atoms with E-state index >= 15 is 0 Å². The molecular weight excluding hydrogens is 224 g/mol. The van der Waals surface area contributed by atoms with Crippen LogP contribution in [-0.4, -0.2) is 10.6 Å². The zero-order valence-electron chi connectivity index (χ0n) is 11.2. The van der Waals surface area contributed by atoms with Gasteiger partial charge in [0.25, 0.3) is 0 Å². The molecule has 98 valence electrons. The molecule has 2 aromatic heterocycles. The van der Waals surface area contributed by atoms with Crippen LogP contribution < -0.4 is 5.32 Å². The van der Waals surface area contributed by atoms with E-state index in [0.29, 0.717) is 6.04 Å². The predicted molar refractivity (Wildman–Crippen MR) is 73.4 cm³/mol. The second kappa shape index (κ2) is 6.45. The molecule has 0 aliphatic heterocycles. The summed E-state index contributed by atoms with van der Waals surface area (Å²) in [7, 11) is 0. The van der Waals surface area contributed by atoms with E-state index in [0.717, 1.165) is 25.3 Å². The van der Waals surface area contributed by atoms with E-state index in [4.69, 9.17) is 4.42 Å². The molecule has 0 aromatic carbocycles. The Kier molecular flexibility index (Phi) is 4.65. The van der Waals surface area contributed by atoms with E-state index < -0.39 is 0 Å². The Morgan fingerprint density at radius 3 is 3.00 bits per heavy atom. The van der Waals surface area contributed by atoms with Crippen LogP contribution in [0.3, 0.4) is 0 Å². The zero-order chi connectivity index (χ0) is 12.8. The molecule has 0 aliphatic carbocycles. The fraction of sp³-hybridized carbons (Fsp3) is 0.467. The topological polar surface area (TPSA) is 30.1 Å². The Balaban J connectivity index is 1.76. The first-order valence-electron chi connectivity index (χ1n) is 6.68. The van der Waals surface area contributed by atoms with E-state index in [2.05, 4.69) is 42.2 Å². The normalized spacial score (nSPS) is 12.8. The van der Waals surface area contributed by atoms with Crippen molar-refractivity contribution in [1.29, 1.82) is 0 Å². The Bertz CT molecular complexity index is 445. The number of aromatic nitrogens is 1. The van der Waals surface area contributed by atoms with Crippen molar-refractivity contribution in [3.05, 3.63) is 48.2 Å². The van der Waals surface area contributed by atoms with Crippen molar-refractivity contribution in [3.63, 3.8) is 0 Å². The summed E-state index contributed by atoms with van der Waals surface area (Å²) in [5, 5.41) is 3.52. The zero-order valence-corrected chi connectivity index (χ0v) is 11.2. The molecule has 3 nitrogen and oxygen atoms in total. The van der Waals surface area contributed by atoms with Crippen LogP contribution in [0.1, 0.15) is 31.6 Å². The molecule has 0 aliphatic rings. The van der Waals surface area contributed by atoms with Gasteiger partial charge in [-0.15, -0.1) is 0 Å². The number of aryl methyl sites for hydroxylation is 1. The number of nitrogens with one attached hydrogen (secondary N) is 1. The van der Waals surface area contributed by atoms with Crippen LogP contribution in [0.2, 0.25) is 0 Å². The van der Waals surface area contributed by atoms with Crippen LogP contribution in [0.15, 0.2) is 41.3 Å². The molecule has 2 aromatic rings. The monoisotopic (exact) mass is 246 g/mol. The maximum Gasteiger partial charge on any atom is 0.105 e. The predicted octanol–water partition coefficient (Wildman–Crippen LogP) is 3.21. The minimum atomic E-state index is 0.422. The first-order valence-corrected chi connectivity index (χ1v) is 6.68. The van der Waals surface area contributed by atoms with Crippen molar-refractivity contribution in [3.8, 4) is 0 Å². The van der Waals surface area contributed by atoms with Gasteiger partial charge in [-0.05, 0) is 37.1 Å². The van der Waals surface area contributed by atoms with Crippen molar-refractivity contribution in [2.75, 3.05) is 0 Å². The molecule has 0 saturated heterocycles. The maximum absolute atomic E-state index is 5.35. The lowest BCUT2D eigenvalue weighted by molar-refractivity contribution is 0.456. The second-order valence-corrected chi connectivity index (χ2v) is 4.82. The highest BCUT2D eigenvalue weighted by Gasteiger charge is 2.05. The maximum atomic E-state index is 5.35. The third kappa shape index (κ3) is 3.77. The van der Waals surface area contributed by atoms with Crippen LogP contribution in [-0.2, 0) is 19.5 Å².